The molecule has 0 saturated carbocycles. The Labute approximate surface area is 98.3 Å². The minimum absolute atomic E-state index is 0.0173. The van der Waals surface area contributed by atoms with Crippen LogP contribution in [0.25, 0.3) is 0 Å². The Morgan fingerprint density at radius 2 is 2.24 bits per heavy atom. The number of sulfonamides is 1. The predicted molar refractivity (Wildman–Crippen MR) is 59.4 cm³/mol. The van der Waals surface area contributed by atoms with Crippen molar-refractivity contribution in [3.63, 3.8) is 0 Å². The Bertz CT molecular complexity index is 493. The molecule has 1 heterocycles. The second-order valence-corrected chi connectivity index (χ2v) is 5.67. The molecule has 17 heavy (non-hydrogen) atoms. The summed E-state index contributed by atoms with van der Waals surface area (Å²) < 4.78 is 28.6. The van der Waals surface area contributed by atoms with E-state index in [0.29, 0.717) is 0 Å². The molecule has 0 amide bonds. The fraction of sp³-hybridized carbons (Fsp3) is 0.500. The van der Waals surface area contributed by atoms with Gasteiger partial charge in [-0.2, -0.15) is 4.98 Å². The van der Waals surface area contributed by atoms with Crippen molar-refractivity contribution in [1.29, 1.82) is 0 Å². The molecule has 0 fully saturated rings. The van der Waals surface area contributed by atoms with Gasteiger partial charge in [0.15, 0.2) is 5.69 Å². The number of rotatable bonds is 6. The van der Waals surface area contributed by atoms with Crippen molar-refractivity contribution in [3.8, 4) is 0 Å². The fourth-order valence-corrected chi connectivity index (χ4v) is 1.65. The maximum Gasteiger partial charge on any atom is 0.357 e. The molecule has 2 N–H and O–H groups in total. The highest BCUT2D eigenvalue weighted by molar-refractivity contribution is 7.89. The summed E-state index contributed by atoms with van der Waals surface area (Å²) in [7, 11) is -0.426. The van der Waals surface area contributed by atoms with Crippen LogP contribution in [0.15, 0.2) is 10.7 Å². The molecule has 0 atom stereocenters. The summed E-state index contributed by atoms with van der Waals surface area (Å²) in [6, 6.07) is -0.0173. The van der Waals surface area contributed by atoms with Gasteiger partial charge in [0.1, 0.15) is 6.26 Å². The van der Waals surface area contributed by atoms with Crippen LogP contribution in [0.3, 0.4) is 0 Å². The minimum Gasteiger partial charge on any atom is -0.476 e. The Balaban J connectivity index is 2.49. The molecule has 0 saturated heterocycles. The first-order valence-electron chi connectivity index (χ1n) is 4.66. The standard InChI is InChI=1S/C8H13N3O5S/c1-11(2)17(14,15)4-3-9-8-10-6(5-16-8)7(12)13/h5H,3-4H2,1-2H3,(H,9,10)(H,12,13). The number of aromatic carboxylic acids is 1. The first kappa shape index (κ1) is 13.5. The van der Waals surface area contributed by atoms with Crippen molar-refractivity contribution in [2.24, 2.45) is 0 Å². The molecule has 0 bridgehead atoms. The van der Waals surface area contributed by atoms with Gasteiger partial charge in [-0.3, -0.25) is 0 Å². The molecule has 0 unspecified atom stereocenters. The van der Waals surface area contributed by atoms with E-state index in [4.69, 9.17) is 9.52 Å². The van der Waals surface area contributed by atoms with E-state index in [1.807, 2.05) is 0 Å². The lowest BCUT2D eigenvalue weighted by molar-refractivity contribution is 0.0690. The molecule has 0 radical (unpaired) electrons. The largest absolute Gasteiger partial charge is 0.476 e. The third kappa shape index (κ3) is 3.71. The zero-order valence-corrected chi connectivity index (χ0v) is 10.2. The third-order valence-corrected chi connectivity index (χ3v) is 3.75. The maximum atomic E-state index is 11.4. The minimum atomic E-state index is -3.29. The van der Waals surface area contributed by atoms with Gasteiger partial charge in [-0.05, 0) is 0 Å². The Morgan fingerprint density at radius 3 is 2.71 bits per heavy atom. The lowest BCUT2D eigenvalue weighted by Crippen LogP contribution is -2.28. The van der Waals surface area contributed by atoms with Gasteiger partial charge in [0.05, 0.1) is 5.75 Å². The van der Waals surface area contributed by atoms with Gasteiger partial charge in [-0.25, -0.2) is 17.5 Å². The zero-order valence-electron chi connectivity index (χ0n) is 9.37. The molecule has 8 nitrogen and oxygen atoms in total. The first-order chi connectivity index (χ1) is 7.83. The van der Waals surface area contributed by atoms with Crippen LogP contribution in [0.4, 0.5) is 6.01 Å². The van der Waals surface area contributed by atoms with Crippen LogP contribution < -0.4 is 5.32 Å². The molecule has 0 aliphatic heterocycles. The summed E-state index contributed by atoms with van der Waals surface area (Å²) in [6.07, 6.45) is 0.977. The van der Waals surface area contributed by atoms with E-state index in [1.54, 1.807) is 0 Å². The molecule has 0 aromatic carbocycles. The number of hydrogen-bond acceptors (Lipinski definition) is 6. The van der Waals surface area contributed by atoms with Crippen LogP contribution in [0, 0.1) is 0 Å². The number of nitrogens with zero attached hydrogens (tertiary/aromatic N) is 2. The summed E-state index contributed by atoms with van der Waals surface area (Å²) in [5, 5.41) is 11.2. The quantitative estimate of drug-likeness (QED) is 0.722. The monoisotopic (exact) mass is 263 g/mol. The van der Waals surface area contributed by atoms with E-state index in [2.05, 4.69) is 10.3 Å². The molecule has 1 aromatic heterocycles. The molecule has 0 spiro atoms. The van der Waals surface area contributed by atoms with Crippen molar-refractivity contribution >= 4 is 22.0 Å². The fourth-order valence-electron chi connectivity index (χ4n) is 0.923. The normalized spacial score (nSPS) is 11.7. The van der Waals surface area contributed by atoms with Crippen LogP contribution in [0.5, 0.6) is 0 Å². The summed E-state index contributed by atoms with van der Waals surface area (Å²) in [5.41, 5.74) is -0.233. The second kappa shape index (κ2) is 5.15. The van der Waals surface area contributed by atoms with Crippen LogP contribution >= 0.6 is 0 Å². The number of aromatic nitrogens is 1. The van der Waals surface area contributed by atoms with Crippen LogP contribution in [-0.2, 0) is 10.0 Å². The van der Waals surface area contributed by atoms with E-state index >= 15 is 0 Å². The number of oxazole rings is 1. The third-order valence-electron chi connectivity index (χ3n) is 1.92. The number of hydrogen-bond donors (Lipinski definition) is 2. The number of carbonyl (C=O) groups is 1. The van der Waals surface area contributed by atoms with Gasteiger partial charge in [0, 0.05) is 20.6 Å². The van der Waals surface area contributed by atoms with E-state index < -0.39 is 16.0 Å². The van der Waals surface area contributed by atoms with Crippen molar-refractivity contribution in [1.82, 2.24) is 9.29 Å². The number of carboxylic acids is 1. The van der Waals surface area contributed by atoms with Crippen LogP contribution in [0.1, 0.15) is 10.5 Å². The van der Waals surface area contributed by atoms with E-state index in [1.165, 1.54) is 14.1 Å². The van der Waals surface area contributed by atoms with Crippen molar-refractivity contribution in [3.05, 3.63) is 12.0 Å². The van der Waals surface area contributed by atoms with Crippen LogP contribution in [-0.4, -0.2) is 55.2 Å². The van der Waals surface area contributed by atoms with Crippen molar-refractivity contribution in [2.45, 2.75) is 0 Å². The Kier molecular flexibility index (Phi) is 4.07. The molecular weight excluding hydrogens is 250 g/mol. The molecule has 1 aromatic rings. The van der Waals surface area contributed by atoms with Gasteiger partial charge in [0.25, 0.3) is 6.01 Å². The van der Waals surface area contributed by atoms with E-state index in [0.717, 1.165) is 10.6 Å². The summed E-state index contributed by atoms with van der Waals surface area (Å²) in [5.74, 6) is -1.34. The highest BCUT2D eigenvalue weighted by atomic mass is 32.2. The van der Waals surface area contributed by atoms with Crippen molar-refractivity contribution in [2.75, 3.05) is 31.7 Å². The SMILES string of the molecule is CN(C)S(=O)(=O)CCNc1nc(C(=O)O)co1. The van der Waals surface area contributed by atoms with Crippen LogP contribution in [0.2, 0.25) is 0 Å². The Hall–Kier alpha value is -1.61. The lowest BCUT2D eigenvalue weighted by Gasteiger charge is -2.10. The highest BCUT2D eigenvalue weighted by Crippen LogP contribution is 2.07. The summed E-state index contributed by atoms with van der Waals surface area (Å²) in [4.78, 5) is 14.1. The van der Waals surface area contributed by atoms with Gasteiger partial charge in [-0.1, -0.05) is 0 Å². The topological polar surface area (TPSA) is 113 Å². The number of carboxylic acid groups (broad SMARTS) is 1. The summed E-state index contributed by atoms with van der Waals surface area (Å²) in [6.45, 7) is 0.0834. The molecular formula is C8H13N3O5S. The van der Waals surface area contributed by atoms with E-state index in [-0.39, 0.29) is 24.0 Å². The number of nitrogens with one attached hydrogen (secondary N) is 1. The smallest absolute Gasteiger partial charge is 0.357 e. The van der Waals surface area contributed by atoms with Gasteiger partial charge < -0.3 is 14.8 Å². The first-order valence-corrected chi connectivity index (χ1v) is 6.27. The maximum absolute atomic E-state index is 11.4. The Morgan fingerprint density at radius 1 is 1.59 bits per heavy atom. The number of anilines is 1. The average molecular weight is 263 g/mol. The lowest BCUT2D eigenvalue weighted by atomic mass is 10.5. The average Bonchev–Trinajstić information content (AvgIpc) is 2.66. The van der Waals surface area contributed by atoms with Gasteiger partial charge >= 0.3 is 5.97 Å². The second-order valence-electron chi connectivity index (χ2n) is 3.37. The zero-order chi connectivity index (χ0) is 13.1. The molecule has 1 rings (SSSR count). The molecule has 0 aliphatic carbocycles. The van der Waals surface area contributed by atoms with E-state index in [9.17, 15) is 13.2 Å². The summed E-state index contributed by atoms with van der Waals surface area (Å²) >= 11 is 0. The van der Waals surface area contributed by atoms with Gasteiger partial charge in [-0.15, -0.1) is 0 Å². The molecule has 0 aliphatic rings. The predicted octanol–water partition coefficient (Wildman–Crippen LogP) is -0.324. The van der Waals surface area contributed by atoms with Gasteiger partial charge in [0.2, 0.25) is 10.0 Å². The molecule has 96 valence electrons. The molecule has 9 heteroatoms. The van der Waals surface area contributed by atoms with Crippen molar-refractivity contribution < 1.29 is 22.7 Å². The highest BCUT2D eigenvalue weighted by Gasteiger charge is 2.14.